The number of pyridine rings is 1. The smallest absolute Gasteiger partial charge is 0.392 e. The lowest BCUT2D eigenvalue weighted by atomic mass is 9.75. The number of hydrogen-bond donors (Lipinski definition) is 5. The minimum atomic E-state index is -4.89. The maximum Gasteiger partial charge on any atom is 0.417 e. The first-order valence-electron chi connectivity index (χ1n) is 32.2. The Morgan fingerprint density at radius 2 is 1.36 bits per heavy atom. The zero-order valence-electron chi connectivity index (χ0n) is 52.9. The average Bonchev–Trinajstić information content (AvgIpc) is 2.07. The number of likely N-dealkylation sites (N-methyl/N-ethyl adjacent to an activating group) is 1. The van der Waals surface area contributed by atoms with Gasteiger partial charge in [-0.3, -0.25) is 33.8 Å². The molecule has 0 bridgehead atoms. The zero-order chi connectivity index (χ0) is 63.7. The zero-order valence-corrected chi connectivity index (χ0v) is 53.7. The lowest BCUT2D eigenvalue weighted by Gasteiger charge is -2.40. The molecule has 0 spiro atoms. The molecular weight excluding hydrogens is 1160 g/mol. The number of rotatable bonds is 31. The number of aromatic amines is 1. The maximum absolute atomic E-state index is 14.0. The van der Waals surface area contributed by atoms with Crippen LogP contribution in [-0.2, 0) is 33.6 Å². The molecule has 5 N–H and O–H groups in total. The van der Waals surface area contributed by atoms with Gasteiger partial charge in [-0.15, -0.1) is 11.3 Å². The molecule has 2 amide bonds. The number of amides is 2. The van der Waals surface area contributed by atoms with E-state index in [1.54, 1.807) is 16.2 Å². The van der Waals surface area contributed by atoms with Crippen molar-refractivity contribution < 1.29 is 42.6 Å². The lowest BCUT2D eigenvalue weighted by molar-refractivity contribution is -0.138. The number of aromatic nitrogens is 2. The first kappa shape index (κ1) is 68.8. The van der Waals surface area contributed by atoms with E-state index in [1.165, 1.54) is 0 Å². The number of β-amino-alcohol motifs (C(OH)–C–C–N with tert-alkyl or cyclic N) is 1. The molecule has 0 radical (unpaired) electrons. The fraction of sp³-hybridized carbons (Fsp3) is 0.565. The van der Waals surface area contributed by atoms with Crippen LogP contribution < -0.4 is 21.1 Å². The van der Waals surface area contributed by atoms with Crippen LogP contribution in [0.15, 0.2) is 89.3 Å². The Kier molecular flexibility index (Phi) is 25.3. The summed E-state index contributed by atoms with van der Waals surface area (Å²) in [4.78, 5) is 83.7. The number of piperazine rings is 2. The molecule has 484 valence electrons. The van der Waals surface area contributed by atoms with Gasteiger partial charge in [-0.05, 0) is 104 Å². The Balaban J connectivity index is 0.660. The van der Waals surface area contributed by atoms with Crippen molar-refractivity contribution in [2.45, 2.75) is 168 Å². The molecule has 3 aromatic carbocycles. The van der Waals surface area contributed by atoms with Crippen molar-refractivity contribution in [3.05, 3.63) is 123 Å². The van der Waals surface area contributed by atoms with Crippen molar-refractivity contribution >= 4 is 46.1 Å². The van der Waals surface area contributed by atoms with Gasteiger partial charge in [0.15, 0.2) is 0 Å². The summed E-state index contributed by atoms with van der Waals surface area (Å²) in [5.41, 5.74) is 5.50. The normalized spacial score (nSPS) is 18.1. The minimum absolute atomic E-state index is 0.103. The largest absolute Gasteiger partial charge is 0.417 e. The van der Waals surface area contributed by atoms with Crippen LogP contribution in [-0.4, -0.2) is 154 Å². The highest BCUT2D eigenvalue weighted by Crippen LogP contribution is 2.38. The number of likely N-dealkylation sites (tertiary alicyclic amines) is 1. The van der Waals surface area contributed by atoms with Gasteiger partial charge < -0.3 is 40.5 Å². The van der Waals surface area contributed by atoms with E-state index in [4.69, 9.17) is 0 Å². The molecule has 2 aromatic heterocycles. The Morgan fingerprint density at radius 3 is 2.00 bits per heavy atom. The Bertz CT molecular complexity index is 3170. The summed E-state index contributed by atoms with van der Waals surface area (Å²) in [6.07, 6.45) is 7.29. The molecule has 20 heteroatoms. The summed E-state index contributed by atoms with van der Waals surface area (Å²) < 4.78 is 41.9. The molecule has 16 nitrogen and oxygen atoms in total. The number of alkyl halides is 3. The topological polar surface area (TPSA) is 195 Å². The van der Waals surface area contributed by atoms with E-state index in [0.717, 1.165) is 168 Å². The van der Waals surface area contributed by atoms with Crippen LogP contribution in [0.5, 0.6) is 0 Å². The highest BCUT2D eigenvalue weighted by Gasteiger charge is 2.45. The number of nitrogens with one attached hydrogen (secondary N) is 3. The van der Waals surface area contributed by atoms with E-state index in [9.17, 15) is 47.4 Å². The number of carbonyl (C=O) groups is 4. The van der Waals surface area contributed by atoms with Crippen molar-refractivity contribution in [2.75, 3.05) is 82.7 Å². The summed E-state index contributed by atoms with van der Waals surface area (Å²) in [5.74, 6) is -1.18. The molecule has 89 heavy (non-hydrogen) atoms. The quantitative estimate of drug-likeness (QED) is 0.0263. The molecule has 5 heterocycles. The number of aryl methyl sites for hydroxylation is 1. The Labute approximate surface area is 527 Å². The molecule has 3 aliphatic rings. The standard InChI is InChI=1S/C69H94F3N9O7S/c1-48-64(89-47-75-48)51-25-23-49(24-26-51)43-74-66(87)62-41-56(84)46-81(62)67(88)59(68(2,3)4)40-55(83)22-15-10-8-6-7-9-13-20-54(82)21-14-11-12-16-29-78-32-34-79(35-33-78)45-50-18-17-19-52(38-50)53-27-28-61(80-36-30-77(5)31-37-80)60(39-53)76-65(86)57-44-73-63(85)42-58(57)69(70,71)72/h17-19,23-28,38-39,42,44,47,56,59,62,67,84,88H,6-16,20-22,29-37,40-41,43,45-46H2,1-5H3,(H,73,85)(H,74,87)(H,76,86)/t56-,59-,62+,67?/m1/s1. The molecule has 0 saturated carbocycles. The van der Waals surface area contributed by atoms with E-state index in [2.05, 4.69) is 52.3 Å². The second-order valence-corrected chi connectivity index (χ2v) is 26.9. The van der Waals surface area contributed by atoms with Gasteiger partial charge >= 0.3 is 6.18 Å². The maximum atomic E-state index is 14.0. The molecule has 1 unspecified atom stereocenters. The highest BCUT2D eigenvalue weighted by molar-refractivity contribution is 7.13. The van der Waals surface area contributed by atoms with E-state index < -0.39 is 58.5 Å². The molecular formula is C69H94F3N9O7S. The average molecular weight is 1250 g/mol. The predicted molar refractivity (Wildman–Crippen MR) is 347 cm³/mol. The van der Waals surface area contributed by atoms with Crippen LogP contribution in [0.1, 0.15) is 156 Å². The number of aliphatic hydroxyl groups is 2. The van der Waals surface area contributed by atoms with Crippen LogP contribution in [0.4, 0.5) is 24.5 Å². The van der Waals surface area contributed by atoms with Crippen molar-refractivity contribution in [3.63, 3.8) is 0 Å². The van der Waals surface area contributed by atoms with Gasteiger partial charge in [0.25, 0.3) is 5.91 Å². The number of hydrogen-bond acceptors (Lipinski definition) is 14. The predicted octanol–water partition coefficient (Wildman–Crippen LogP) is 11.3. The third-order valence-corrected chi connectivity index (χ3v) is 19.1. The number of nitrogens with zero attached hydrogens (tertiary/aromatic N) is 6. The number of halogens is 3. The van der Waals surface area contributed by atoms with Crippen molar-refractivity contribution in [2.24, 2.45) is 11.3 Å². The van der Waals surface area contributed by atoms with E-state index in [1.807, 2.05) is 94.9 Å². The van der Waals surface area contributed by atoms with E-state index in [0.29, 0.717) is 62.1 Å². The first-order chi connectivity index (χ1) is 42.6. The number of Topliss-reactive ketones (excluding diaryl/α,β-unsaturated/α-hetero) is 2. The minimum Gasteiger partial charge on any atom is -0.392 e. The third kappa shape index (κ3) is 20.4. The van der Waals surface area contributed by atoms with Crippen molar-refractivity contribution in [1.29, 1.82) is 0 Å². The lowest BCUT2D eigenvalue weighted by Crippen LogP contribution is -2.52. The number of aliphatic hydroxyl groups excluding tert-OH is 2. The summed E-state index contributed by atoms with van der Waals surface area (Å²) in [5, 5.41) is 28.2. The van der Waals surface area contributed by atoms with Crippen LogP contribution in [0.3, 0.4) is 0 Å². The molecule has 0 aliphatic carbocycles. The van der Waals surface area contributed by atoms with Crippen LogP contribution in [0, 0.1) is 18.3 Å². The van der Waals surface area contributed by atoms with Gasteiger partial charge in [-0.1, -0.05) is 114 Å². The van der Waals surface area contributed by atoms with Gasteiger partial charge in [-0.25, -0.2) is 4.98 Å². The Hall–Kier alpha value is -6.13. The fourth-order valence-electron chi connectivity index (χ4n) is 12.7. The van der Waals surface area contributed by atoms with Crippen LogP contribution in [0.2, 0.25) is 0 Å². The van der Waals surface area contributed by atoms with E-state index in [-0.39, 0.29) is 31.1 Å². The molecule has 5 aromatic rings. The number of H-pyrrole nitrogens is 1. The first-order valence-corrected chi connectivity index (χ1v) is 33.1. The third-order valence-electron chi connectivity index (χ3n) is 18.1. The SMILES string of the molecule is Cc1ncsc1-c1ccc(CNC(=O)[C@@H]2C[C@@H](O)CN2C(O)[C@@H](CC(=O)CCCCCCCCCC(=O)CCCCCCN2CCN(Cc3cccc(-c4ccc(N5CCN(C)CC5)c(NC(=O)c5c[nH]c(=O)cc5C(F)(F)F)c4)c3)CC2)C(C)(C)C)cc1. The van der Waals surface area contributed by atoms with Crippen LogP contribution >= 0.6 is 11.3 Å². The molecule has 3 aliphatic heterocycles. The van der Waals surface area contributed by atoms with Gasteiger partial charge in [0.05, 0.1) is 50.7 Å². The van der Waals surface area contributed by atoms with Gasteiger partial charge in [0.1, 0.15) is 17.8 Å². The number of unbranched alkanes of at least 4 members (excludes halogenated alkanes) is 9. The molecule has 3 fully saturated rings. The second kappa shape index (κ2) is 32.7. The number of thiazole rings is 1. The summed E-state index contributed by atoms with van der Waals surface area (Å²) >= 11 is 1.59. The molecule has 8 rings (SSSR count). The summed E-state index contributed by atoms with van der Waals surface area (Å²) in [6, 6.07) is 21.7. The summed E-state index contributed by atoms with van der Waals surface area (Å²) in [7, 11) is 2.03. The van der Waals surface area contributed by atoms with Gasteiger partial charge in [0, 0.05) is 116 Å². The monoisotopic (exact) mass is 1250 g/mol. The van der Waals surface area contributed by atoms with Crippen molar-refractivity contribution in [1.82, 2.24) is 34.9 Å². The number of anilines is 2. The fourth-order valence-corrected chi connectivity index (χ4v) is 13.5. The van der Waals surface area contributed by atoms with Crippen molar-refractivity contribution in [3.8, 4) is 21.6 Å². The van der Waals surface area contributed by atoms with Gasteiger partial charge in [-0.2, -0.15) is 13.2 Å². The highest BCUT2D eigenvalue weighted by atomic mass is 32.1. The molecule has 4 atom stereocenters. The Morgan fingerprint density at radius 1 is 0.742 bits per heavy atom. The number of benzene rings is 3. The van der Waals surface area contributed by atoms with Gasteiger partial charge in [0.2, 0.25) is 11.5 Å². The molecule has 3 saturated heterocycles. The van der Waals surface area contributed by atoms with Crippen LogP contribution in [0.25, 0.3) is 21.6 Å². The number of ketones is 2. The summed E-state index contributed by atoms with van der Waals surface area (Å²) in [6.45, 7) is 17.1. The number of carbonyl (C=O) groups excluding carboxylic acids is 4. The second-order valence-electron chi connectivity index (χ2n) is 26.0. The van der Waals surface area contributed by atoms with E-state index >= 15 is 0 Å².